The van der Waals surface area contributed by atoms with Crippen molar-refractivity contribution in [2.24, 2.45) is 0 Å². The number of ether oxygens (including phenoxy) is 2. The number of methoxy groups -OCH3 is 1. The lowest BCUT2D eigenvalue weighted by Crippen LogP contribution is -2.26. The SMILES string of the molecule is COc1cc(C(=O)NCCCOC2CCCCC2)ccc1C. The van der Waals surface area contributed by atoms with Gasteiger partial charge in [0.2, 0.25) is 0 Å². The van der Waals surface area contributed by atoms with Gasteiger partial charge in [0, 0.05) is 18.7 Å². The third-order valence-corrected chi connectivity index (χ3v) is 4.18. The normalized spacial score (nSPS) is 15.5. The smallest absolute Gasteiger partial charge is 0.251 e. The Labute approximate surface area is 133 Å². The molecule has 0 unspecified atom stereocenters. The summed E-state index contributed by atoms with van der Waals surface area (Å²) in [7, 11) is 1.62. The summed E-state index contributed by atoms with van der Waals surface area (Å²) in [6.45, 7) is 3.33. The molecule has 0 heterocycles. The van der Waals surface area contributed by atoms with Crippen LogP contribution in [0.3, 0.4) is 0 Å². The van der Waals surface area contributed by atoms with Gasteiger partial charge in [0.1, 0.15) is 5.75 Å². The third-order valence-electron chi connectivity index (χ3n) is 4.18. The second kappa shape index (κ2) is 8.79. The zero-order valence-electron chi connectivity index (χ0n) is 13.7. The van der Waals surface area contributed by atoms with Crippen molar-refractivity contribution in [3.8, 4) is 5.75 Å². The van der Waals surface area contributed by atoms with Gasteiger partial charge in [-0.1, -0.05) is 25.3 Å². The fraction of sp³-hybridized carbons (Fsp3) is 0.611. The Hall–Kier alpha value is -1.55. The summed E-state index contributed by atoms with van der Waals surface area (Å²) in [6.07, 6.45) is 7.59. The van der Waals surface area contributed by atoms with Gasteiger partial charge in [0.15, 0.2) is 0 Å². The monoisotopic (exact) mass is 305 g/mol. The molecule has 22 heavy (non-hydrogen) atoms. The summed E-state index contributed by atoms with van der Waals surface area (Å²) >= 11 is 0. The summed E-state index contributed by atoms with van der Waals surface area (Å²) in [5.41, 5.74) is 1.66. The lowest BCUT2D eigenvalue weighted by molar-refractivity contribution is 0.0273. The van der Waals surface area contributed by atoms with Crippen LogP contribution in [0.5, 0.6) is 5.75 Å². The summed E-state index contributed by atoms with van der Waals surface area (Å²) < 4.78 is 11.1. The van der Waals surface area contributed by atoms with E-state index in [9.17, 15) is 4.79 Å². The van der Waals surface area contributed by atoms with E-state index in [4.69, 9.17) is 9.47 Å². The van der Waals surface area contributed by atoms with E-state index < -0.39 is 0 Å². The summed E-state index contributed by atoms with van der Waals surface area (Å²) in [6, 6.07) is 5.51. The molecule has 122 valence electrons. The van der Waals surface area contributed by atoms with Crippen LogP contribution in [0.25, 0.3) is 0 Å². The first-order valence-corrected chi connectivity index (χ1v) is 8.25. The van der Waals surface area contributed by atoms with E-state index in [2.05, 4.69) is 5.32 Å². The van der Waals surface area contributed by atoms with Crippen molar-refractivity contribution in [3.63, 3.8) is 0 Å². The van der Waals surface area contributed by atoms with Crippen molar-refractivity contribution in [1.29, 1.82) is 0 Å². The number of aryl methyl sites for hydroxylation is 1. The predicted octanol–water partition coefficient (Wildman–Crippen LogP) is 3.47. The van der Waals surface area contributed by atoms with Crippen LogP contribution in [0.15, 0.2) is 18.2 Å². The van der Waals surface area contributed by atoms with Crippen LogP contribution in [-0.2, 0) is 4.74 Å². The van der Waals surface area contributed by atoms with Gasteiger partial charge in [0.05, 0.1) is 13.2 Å². The number of benzene rings is 1. The highest BCUT2D eigenvalue weighted by molar-refractivity contribution is 5.94. The van der Waals surface area contributed by atoms with Crippen molar-refractivity contribution in [3.05, 3.63) is 29.3 Å². The number of amides is 1. The zero-order valence-corrected chi connectivity index (χ0v) is 13.7. The minimum absolute atomic E-state index is 0.0593. The Balaban J connectivity index is 1.67. The first-order valence-electron chi connectivity index (χ1n) is 8.25. The Morgan fingerprint density at radius 1 is 1.27 bits per heavy atom. The molecular formula is C18H27NO3. The number of hydrogen-bond donors (Lipinski definition) is 1. The number of carbonyl (C=O) groups excluding carboxylic acids is 1. The molecular weight excluding hydrogens is 278 g/mol. The molecule has 0 spiro atoms. The third kappa shape index (κ3) is 5.02. The summed E-state index contributed by atoms with van der Waals surface area (Å²) in [4.78, 5) is 12.1. The first kappa shape index (κ1) is 16.8. The van der Waals surface area contributed by atoms with Gasteiger partial charge in [-0.3, -0.25) is 4.79 Å². The van der Waals surface area contributed by atoms with Gasteiger partial charge in [-0.25, -0.2) is 0 Å². The van der Waals surface area contributed by atoms with E-state index >= 15 is 0 Å². The van der Waals surface area contributed by atoms with Gasteiger partial charge >= 0.3 is 0 Å². The number of hydrogen-bond acceptors (Lipinski definition) is 3. The van der Waals surface area contributed by atoms with Crippen LogP contribution in [0.2, 0.25) is 0 Å². The lowest BCUT2D eigenvalue weighted by atomic mass is 9.98. The number of rotatable bonds is 7. The van der Waals surface area contributed by atoms with Crippen molar-refractivity contribution in [2.45, 2.75) is 51.6 Å². The van der Waals surface area contributed by atoms with Gasteiger partial charge in [-0.15, -0.1) is 0 Å². The van der Waals surface area contributed by atoms with Crippen molar-refractivity contribution >= 4 is 5.91 Å². The maximum Gasteiger partial charge on any atom is 0.251 e. The molecule has 0 atom stereocenters. The van der Waals surface area contributed by atoms with Crippen molar-refractivity contribution in [1.82, 2.24) is 5.32 Å². The quantitative estimate of drug-likeness (QED) is 0.785. The number of carbonyl (C=O) groups is 1. The zero-order chi connectivity index (χ0) is 15.8. The van der Waals surface area contributed by atoms with Gasteiger partial charge < -0.3 is 14.8 Å². The van der Waals surface area contributed by atoms with E-state index in [1.807, 2.05) is 19.1 Å². The Bertz CT molecular complexity index is 481. The molecule has 1 aromatic rings. The Morgan fingerprint density at radius 2 is 2.05 bits per heavy atom. The molecule has 4 nitrogen and oxygen atoms in total. The summed E-state index contributed by atoms with van der Waals surface area (Å²) in [5, 5.41) is 2.93. The van der Waals surface area contributed by atoms with Gasteiger partial charge in [0.25, 0.3) is 5.91 Å². The molecule has 1 N–H and O–H groups in total. The average molecular weight is 305 g/mol. The Kier molecular flexibility index (Phi) is 6.72. The van der Waals surface area contributed by atoms with Gasteiger partial charge in [-0.2, -0.15) is 0 Å². The maximum atomic E-state index is 12.1. The largest absolute Gasteiger partial charge is 0.496 e. The lowest BCUT2D eigenvalue weighted by Gasteiger charge is -2.21. The van der Waals surface area contributed by atoms with Crippen molar-refractivity contribution in [2.75, 3.05) is 20.3 Å². The molecule has 0 saturated heterocycles. The fourth-order valence-corrected chi connectivity index (χ4v) is 2.82. The van der Waals surface area contributed by atoms with E-state index in [-0.39, 0.29) is 5.91 Å². The van der Waals surface area contributed by atoms with Crippen LogP contribution in [-0.4, -0.2) is 32.3 Å². The minimum Gasteiger partial charge on any atom is -0.496 e. The molecule has 0 aromatic heterocycles. The van der Waals surface area contributed by atoms with E-state index in [0.29, 0.717) is 18.2 Å². The molecule has 0 radical (unpaired) electrons. The highest BCUT2D eigenvalue weighted by Gasteiger charge is 2.13. The van der Waals surface area contributed by atoms with Crippen LogP contribution >= 0.6 is 0 Å². The molecule has 1 fully saturated rings. The average Bonchev–Trinajstić information content (AvgIpc) is 2.55. The molecule has 1 aliphatic rings. The van der Waals surface area contributed by atoms with Crippen LogP contribution in [0.4, 0.5) is 0 Å². The highest BCUT2D eigenvalue weighted by Crippen LogP contribution is 2.20. The standard InChI is InChI=1S/C18H27NO3/c1-14-9-10-15(13-17(14)21-2)18(20)19-11-6-12-22-16-7-4-3-5-8-16/h9-10,13,16H,3-8,11-12H2,1-2H3,(H,19,20). The van der Waals surface area contributed by atoms with E-state index in [1.165, 1.54) is 32.1 Å². The van der Waals surface area contributed by atoms with Crippen molar-refractivity contribution < 1.29 is 14.3 Å². The molecule has 2 rings (SSSR count). The van der Waals surface area contributed by atoms with Crippen LogP contribution in [0, 0.1) is 6.92 Å². The molecule has 0 bridgehead atoms. The molecule has 1 aliphatic carbocycles. The topological polar surface area (TPSA) is 47.6 Å². The van der Waals surface area contributed by atoms with Gasteiger partial charge in [-0.05, 0) is 43.9 Å². The van der Waals surface area contributed by atoms with E-state index in [1.54, 1.807) is 13.2 Å². The van der Waals surface area contributed by atoms with Crippen LogP contribution < -0.4 is 10.1 Å². The first-order chi connectivity index (χ1) is 10.7. The predicted molar refractivity (Wildman–Crippen MR) is 87.5 cm³/mol. The van der Waals surface area contributed by atoms with E-state index in [0.717, 1.165) is 24.3 Å². The highest BCUT2D eigenvalue weighted by atomic mass is 16.5. The molecule has 0 aliphatic heterocycles. The summed E-state index contributed by atoms with van der Waals surface area (Å²) in [5.74, 6) is 0.684. The maximum absolute atomic E-state index is 12.1. The fourth-order valence-electron chi connectivity index (χ4n) is 2.82. The molecule has 1 amide bonds. The minimum atomic E-state index is -0.0593. The van der Waals surface area contributed by atoms with Crippen LogP contribution in [0.1, 0.15) is 54.4 Å². The molecule has 4 heteroatoms. The Morgan fingerprint density at radius 3 is 2.77 bits per heavy atom. The molecule has 1 aromatic carbocycles. The molecule has 1 saturated carbocycles. The second-order valence-electron chi connectivity index (χ2n) is 5.92. The second-order valence-corrected chi connectivity index (χ2v) is 5.92. The number of nitrogens with one attached hydrogen (secondary N) is 1.